The molecule has 3 rings (SSSR count). The summed E-state index contributed by atoms with van der Waals surface area (Å²) in [5.41, 5.74) is 1.75. The Kier molecular flexibility index (Phi) is 7.69. The third-order valence-corrected chi connectivity index (χ3v) is 5.45. The molecule has 32 heavy (non-hydrogen) atoms. The molecule has 0 fully saturated rings. The Bertz CT molecular complexity index is 1030. The van der Waals surface area contributed by atoms with Crippen LogP contribution in [0.15, 0.2) is 70.5 Å². The summed E-state index contributed by atoms with van der Waals surface area (Å²) in [6.45, 7) is 3.76. The number of halogens is 2. The predicted molar refractivity (Wildman–Crippen MR) is 122 cm³/mol. The molecule has 0 atom stereocenters. The first-order valence-corrected chi connectivity index (χ1v) is 10.8. The average molecular weight is 504 g/mol. The molecule has 0 amide bonds. The molecule has 1 aliphatic heterocycles. The van der Waals surface area contributed by atoms with Crippen LogP contribution in [0.3, 0.4) is 0 Å². The van der Waals surface area contributed by atoms with Crippen LogP contribution in [0.1, 0.15) is 25.3 Å². The van der Waals surface area contributed by atoms with Crippen LogP contribution < -0.4 is 9.64 Å². The van der Waals surface area contributed by atoms with Crippen LogP contribution in [-0.4, -0.2) is 32.3 Å². The summed E-state index contributed by atoms with van der Waals surface area (Å²) >= 11 is 3.46. The van der Waals surface area contributed by atoms with Crippen LogP contribution in [0.2, 0.25) is 0 Å². The van der Waals surface area contributed by atoms with Crippen LogP contribution in [-0.2, 0) is 19.1 Å². The lowest BCUT2D eigenvalue weighted by molar-refractivity contribution is -0.139. The Morgan fingerprint density at radius 2 is 1.53 bits per heavy atom. The summed E-state index contributed by atoms with van der Waals surface area (Å²) in [5.74, 6) is -1.64. The van der Waals surface area contributed by atoms with Gasteiger partial charge in [0.25, 0.3) is 0 Å². The van der Waals surface area contributed by atoms with Crippen molar-refractivity contribution in [2.75, 3.05) is 25.2 Å². The second-order valence-electron chi connectivity index (χ2n) is 6.82. The molecule has 0 saturated carbocycles. The van der Waals surface area contributed by atoms with E-state index in [4.69, 9.17) is 14.2 Å². The first kappa shape index (κ1) is 23.5. The second kappa shape index (κ2) is 10.5. The van der Waals surface area contributed by atoms with Gasteiger partial charge in [-0.25, -0.2) is 14.0 Å². The van der Waals surface area contributed by atoms with Crippen molar-refractivity contribution >= 4 is 33.6 Å². The molecule has 2 aromatic carbocycles. The summed E-state index contributed by atoms with van der Waals surface area (Å²) in [6, 6.07) is 11.0. The van der Waals surface area contributed by atoms with Gasteiger partial charge in [0.05, 0.1) is 41.9 Å². The molecule has 0 spiro atoms. The number of rotatable bonds is 7. The van der Waals surface area contributed by atoms with Gasteiger partial charge in [-0.3, -0.25) is 0 Å². The monoisotopic (exact) mass is 503 g/mol. The van der Waals surface area contributed by atoms with Crippen LogP contribution in [0.5, 0.6) is 5.75 Å². The quantitative estimate of drug-likeness (QED) is 0.490. The number of nitrogens with zero attached hydrogens (tertiary/aromatic N) is 1. The maximum Gasteiger partial charge on any atom is 0.336 e. The van der Waals surface area contributed by atoms with Gasteiger partial charge in [0.1, 0.15) is 11.6 Å². The minimum absolute atomic E-state index is 0.171. The molecule has 168 valence electrons. The number of hydrogen-bond acceptors (Lipinski definition) is 6. The minimum Gasteiger partial charge on any atom is -0.496 e. The number of methoxy groups -OCH3 is 1. The molecule has 1 heterocycles. The van der Waals surface area contributed by atoms with E-state index in [-0.39, 0.29) is 24.4 Å². The largest absolute Gasteiger partial charge is 0.496 e. The Labute approximate surface area is 194 Å². The first-order chi connectivity index (χ1) is 15.4. The lowest BCUT2D eigenvalue weighted by Gasteiger charge is -2.30. The van der Waals surface area contributed by atoms with Crippen molar-refractivity contribution in [2.24, 2.45) is 0 Å². The van der Waals surface area contributed by atoms with E-state index in [2.05, 4.69) is 15.9 Å². The summed E-state index contributed by atoms with van der Waals surface area (Å²) < 4.78 is 30.0. The van der Waals surface area contributed by atoms with E-state index in [1.165, 1.54) is 12.1 Å². The van der Waals surface area contributed by atoms with Crippen molar-refractivity contribution in [3.05, 3.63) is 81.9 Å². The average Bonchev–Trinajstić information content (AvgIpc) is 2.79. The minimum atomic E-state index is -0.730. The highest BCUT2D eigenvalue weighted by molar-refractivity contribution is 9.10. The van der Waals surface area contributed by atoms with Crippen LogP contribution >= 0.6 is 15.9 Å². The highest BCUT2D eigenvalue weighted by Gasteiger charge is 2.36. The lowest BCUT2D eigenvalue weighted by Crippen LogP contribution is -2.29. The van der Waals surface area contributed by atoms with Gasteiger partial charge in [-0.15, -0.1) is 0 Å². The molecule has 8 heteroatoms. The van der Waals surface area contributed by atoms with Crippen molar-refractivity contribution in [1.29, 1.82) is 0 Å². The number of carbonyl (C=O) groups excluding carboxylic acids is 2. The molecular weight excluding hydrogens is 481 g/mol. The third kappa shape index (κ3) is 5.02. The molecule has 0 saturated heterocycles. The van der Waals surface area contributed by atoms with Gasteiger partial charge in [-0.05, 0) is 71.7 Å². The molecule has 0 aliphatic carbocycles. The van der Waals surface area contributed by atoms with E-state index < -0.39 is 23.7 Å². The maximum atomic E-state index is 13.4. The molecule has 1 aliphatic rings. The van der Waals surface area contributed by atoms with E-state index in [0.717, 1.165) is 0 Å². The SMILES string of the molecule is CCOC(=O)C1=CN(c2ccc(F)cc2)C=C(C(=O)OCC)C1c1ccc(OC)c(Br)c1. The van der Waals surface area contributed by atoms with Crippen LogP contribution in [0, 0.1) is 5.82 Å². The van der Waals surface area contributed by atoms with Crippen molar-refractivity contribution in [1.82, 2.24) is 0 Å². The highest BCUT2D eigenvalue weighted by atomic mass is 79.9. The molecule has 0 unspecified atom stereocenters. The van der Waals surface area contributed by atoms with Crippen molar-refractivity contribution in [3.63, 3.8) is 0 Å². The van der Waals surface area contributed by atoms with Gasteiger partial charge < -0.3 is 19.1 Å². The number of carbonyl (C=O) groups is 2. The van der Waals surface area contributed by atoms with E-state index in [0.29, 0.717) is 21.5 Å². The summed E-state index contributed by atoms with van der Waals surface area (Å²) in [7, 11) is 1.55. The van der Waals surface area contributed by atoms with E-state index in [1.807, 2.05) is 0 Å². The molecule has 0 bridgehead atoms. The van der Waals surface area contributed by atoms with Crippen molar-refractivity contribution in [3.8, 4) is 5.75 Å². The van der Waals surface area contributed by atoms with Gasteiger partial charge in [0, 0.05) is 18.1 Å². The molecule has 6 nitrogen and oxygen atoms in total. The zero-order valence-corrected chi connectivity index (χ0v) is 19.5. The van der Waals surface area contributed by atoms with Crippen molar-refractivity contribution in [2.45, 2.75) is 19.8 Å². The van der Waals surface area contributed by atoms with E-state index in [1.54, 1.807) is 68.6 Å². The molecular formula is C24H23BrFNO5. The van der Waals surface area contributed by atoms with Crippen LogP contribution in [0.4, 0.5) is 10.1 Å². The lowest BCUT2D eigenvalue weighted by atomic mass is 9.83. The predicted octanol–water partition coefficient (Wildman–Crippen LogP) is 5.09. The summed E-state index contributed by atoms with van der Waals surface area (Å²) in [4.78, 5) is 27.5. The normalized spacial score (nSPS) is 13.8. The van der Waals surface area contributed by atoms with E-state index in [9.17, 15) is 14.0 Å². The van der Waals surface area contributed by atoms with Gasteiger partial charge in [0.15, 0.2) is 0 Å². The fraction of sp³-hybridized carbons (Fsp3) is 0.250. The van der Waals surface area contributed by atoms with Gasteiger partial charge in [-0.2, -0.15) is 0 Å². The highest BCUT2D eigenvalue weighted by Crippen LogP contribution is 2.40. The van der Waals surface area contributed by atoms with Gasteiger partial charge in [-0.1, -0.05) is 6.07 Å². The smallest absolute Gasteiger partial charge is 0.336 e. The number of ether oxygens (including phenoxy) is 3. The standard InChI is InChI=1S/C24H23BrFNO5/c1-4-31-23(28)18-13-27(17-9-7-16(26)8-10-17)14-19(24(29)32-5-2)22(18)15-6-11-21(30-3)20(25)12-15/h6-14,22H,4-5H2,1-3H3. The number of esters is 2. The van der Waals surface area contributed by atoms with Gasteiger partial charge in [0.2, 0.25) is 0 Å². The first-order valence-electron chi connectivity index (χ1n) is 10.0. The number of benzene rings is 2. The topological polar surface area (TPSA) is 65.1 Å². The Balaban J connectivity index is 2.18. The molecule has 0 N–H and O–H groups in total. The number of anilines is 1. The fourth-order valence-electron chi connectivity index (χ4n) is 3.41. The molecule has 0 aromatic heterocycles. The molecule has 2 aromatic rings. The zero-order valence-electron chi connectivity index (χ0n) is 17.9. The maximum absolute atomic E-state index is 13.4. The van der Waals surface area contributed by atoms with Crippen LogP contribution in [0.25, 0.3) is 0 Å². The molecule has 0 radical (unpaired) electrons. The number of hydrogen-bond donors (Lipinski definition) is 0. The van der Waals surface area contributed by atoms with Gasteiger partial charge >= 0.3 is 11.9 Å². The van der Waals surface area contributed by atoms with E-state index >= 15 is 0 Å². The third-order valence-electron chi connectivity index (χ3n) is 4.83. The summed E-state index contributed by atoms with van der Waals surface area (Å²) in [6.07, 6.45) is 3.19. The second-order valence-corrected chi connectivity index (χ2v) is 7.67. The zero-order chi connectivity index (χ0) is 23.3. The fourth-order valence-corrected chi connectivity index (χ4v) is 3.97. The summed E-state index contributed by atoms with van der Waals surface area (Å²) in [5, 5.41) is 0. The van der Waals surface area contributed by atoms with Crippen molar-refractivity contribution < 1.29 is 28.2 Å². The Morgan fingerprint density at radius 1 is 0.969 bits per heavy atom. The Morgan fingerprint density at radius 3 is 2.00 bits per heavy atom. The Hall–Kier alpha value is -3.13.